The number of phenolic OH excluding ortho intramolecular Hbond substituents is 3. The van der Waals surface area contributed by atoms with Crippen LogP contribution in [0.2, 0.25) is 0 Å². The Morgan fingerprint density at radius 2 is 1.63 bits per heavy atom. The lowest BCUT2D eigenvalue weighted by Crippen LogP contribution is -2.30. The summed E-state index contributed by atoms with van der Waals surface area (Å²) in [6.45, 7) is 0.808. The molecule has 0 amide bonds. The van der Waals surface area contributed by atoms with Gasteiger partial charge in [-0.25, -0.2) is 0 Å². The quantitative estimate of drug-likeness (QED) is 0.590. The molecule has 4 heteroatoms. The molecule has 2 aromatic carbocycles. The molecule has 3 rings (SSSR count). The number of hydrogen-bond donors (Lipinski definition) is 4. The first-order valence-corrected chi connectivity index (χ1v) is 6.22. The van der Waals surface area contributed by atoms with Crippen molar-refractivity contribution in [2.45, 2.75) is 12.5 Å². The van der Waals surface area contributed by atoms with Crippen molar-refractivity contribution >= 4 is 0 Å². The summed E-state index contributed by atoms with van der Waals surface area (Å²) in [5, 5.41) is 32.0. The molecule has 4 nitrogen and oxygen atoms in total. The molecule has 0 fully saturated rings. The van der Waals surface area contributed by atoms with Crippen LogP contribution in [-0.2, 0) is 6.42 Å². The normalized spacial score (nSPS) is 18.0. The third kappa shape index (κ3) is 2.11. The van der Waals surface area contributed by atoms with E-state index in [9.17, 15) is 15.3 Å². The molecule has 0 bridgehead atoms. The predicted octanol–water partition coefficient (Wildman–Crippen LogP) is 2.04. The fourth-order valence-electron chi connectivity index (χ4n) is 2.55. The fourth-order valence-corrected chi connectivity index (χ4v) is 2.55. The van der Waals surface area contributed by atoms with E-state index in [1.165, 1.54) is 0 Å². The number of rotatable bonds is 1. The molecule has 1 aliphatic rings. The highest BCUT2D eigenvalue weighted by Gasteiger charge is 2.23. The predicted molar refractivity (Wildman–Crippen MR) is 71.4 cm³/mol. The summed E-state index contributed by atoms with van der Waals surface area (Å²) in [6.07, 6.45) is 0.817. The monoisotopic (exact) mass is 257 g/mol. The van der Waals surface area contributed by atoms with Gasteiger partial charge in [-0.3, -0.25) is 0 Å². The Balaban J connectivity index is 2.07. The van der Waals surface area contributed by atoms with Crippen molar-refractivity contribution in [1.82, 2.24) is 5.32 Å². The lowest BCUT2D eigenvalue weighted by atomic mass is 9.89. The maximum Gasteiger partial charge on any atom is 0.157 e. The lowest BCUT2D eigenvalue weighted by Gasteiger charge is -2.27. The molecule has 0 aliphatic carbocycles. The summed E-state index contributed by atoms with van der Waals surface area (Å²) >= 11 is 0. The minimum atomic E-state index is -0.105. The molecule has 98 valence electrons. The molecule has 4 N–H and O–H groups in total. The zero-order valence-corrected chi connectivity index (χ0v) is 10.3. The van der Waals surface area contributed by atoms with Gasteiger partial charge in [-0.2, -0.15) is 0 Å². The highest BCUT2D eigenvalue weighted by Crippen LogP contribution is 2.36. The van der Waals surface area contributed by atoms with Crippen molar-refractivity contribution in [2.24, 2.45) is 0 Å². The second-order valence-corrected chi connectivity index (χ2v) is 4.77. The Hall–Kier alpha value is -2.20. The molecule has 0 saturated carbocycles. The first kappa shape index (κ1) is 11.9. The average Bonchev–Trinajstić information content (AvgIpc) is 2.41. The van der Waals surface area contributed by atoms with Crippen molar-refractivity contribution in [3.05, 3.63) is 53.1 Å². The smallest absolute Gasteiger partial charge is 0.157 e. The molecular weight excluding hydrogens is 242 g/mol. The van der Waals surface area contributed by atoms with E-state index >= 15 is 0 Å². The summed E-state index contributed by atoms with van der Waals surface area (Å²) < 4.78 is 0. The third-order valence-corrected chi connectivity index (χ3v) is 3.52. The standard InChI is InChI=1S/C15H15NO3/c17-11-3-1-9(2-4-11)15-12-8-14(19)13(18)7-10(12)5-6-16-15/h1-4,7-8,15-19H,5-6H2/t15-/m0/s1. The Kier molecular flexibility index (Phi) is 2.80. The van der Waals surface area contributed by atoms with Crippen LogP contribution in [0.25, 0.3) is 0 Å². The number of benzene rings is 2. The van der Waals surface area contributed by atoms with Gasteiger partial charge in [0.25, 0.3) is 0 Å². The summed E-state index contributed by atoms with van der Waals surface area (Å²) in [5.41, 5.74) is 3.02. The van der Waals surface area contributed by atoms with E-state index in [1.807, 2.05) is 12.1 Å². The van der Waals surface area contributed by atoms with Gasteiger partial charge in [0.1, 0.15) is 5.75 Å². The van der Waals surface area contributed by atoms with Crippen LogP contribution in [0.15, 0.2) is 36.4 Å². The molecule has 0 unspecified atom stereocenters. The lowest BCUT2D eigenvalue weighted by molar-refractivity contribution is 0.400. The van der Waals surface area contributed by atoms with E-state index in [0.717, 1.165) is 29.7 Å². The molecule has 2 aromatic rings. The van der Waals surface area contributed by atoms with E-state index in [0.29, 0.717) is 0 Å². The second-order valence-electron chi connectivity index (χ2n) is 4.77. The minimum absolute atomic E-state index is 0.0316. The Morgan fingerprint density at radius 3 is 2.37 bits per heavy atom. The van der Waals surface area contributed by atoms with Crippen LogP contribution < -0.4 is 5.32 Å². The zero-order chi connectivity index (χ0) is 13.4. The van der Waals surface area contributed by atoms with Crippen LogP contribution in [-0.4, -0.2) is 21.9 Å². The van der Waals surface area contributed by atoms with Gasteiger partial charge in [-0.1, -0.05) is 12.1 Å². The van der Waals surface area contributed by atoms with Gasteiger partial charge in [0.15, 0.2) is 11.5 Å². The molecule has 1 heterocycles. The number of aromatic hydroxyl groups is 3. The molecule has 1 aliphatic heterocycles. The van der Waals surface area contributed by atoms with Gasteiger partial charge < -0.3 is 20.6 Å². The maximum absolute atomic E-state index is 9.67. The van der Waals surface area contributed by atoms with Crippen molar-refractivity contribution in [3.63, 3.8) is 0 Å². The molecule has 1 atom stereocenters. The molecule has 0 aromatic heterocycles. The number of hydrogen-bond acceptors (Lipinski definition) is 4. The number of nitrogens with one attached hydrogen (secondary N) is 1. The van der Waals surface area contributed by atoms with E-state index in [4.69, 9.17) is 0 Å². The summed E-state index contributed by atoms with van der Waals surface area (Å²) in [5.74, 6) is 0.0460. The van der Waals surface area contributed by atoms with Crippen molar-refractivity contribution in [3.8, 4) is 17.2 Å². The van der Waals surface area contributed by atoms with E-state index < -0.39 is 0 Å². The van der Waals surface area contributed by atoms with Crippen LogP contribution in [0.1, 0.15) is 22.7 Å². The van der Waals surface area contributed by atoms with E-state index in [-0.39, 0.29) is 23.3 Å². The maximum atomic E-state index is 9.67. The van der Waals surface area contributed by atoms with E-state index in [2.05, 4.69) is 5.32 Å². The van der Waals surface area contributed by atoms with Crippen molar-refractivity contribution in [1.29, 1.82) is 0 Å². The first-order chi connectivity index (χ1) is 9.15. The topological polar surface area (TPSA) is 72.7 Å². The van der Waals surface area contributed by atoms with Crippen LogP contribution in [0, 0.1) is 0 Å². The summed E-state index contributed by atoms with van der Waals surface area (Å²) in [7, 11) is 0. The van der Waals surface area contributed by atoms with Gasteiger partial charge in [0.2, 0.25) is 0 Å². The molecule has 0 saturated heterocycles. The van der Waals surface area contributed by atoms with Gasteiger partial charge in [-0.15, -0.1) is 0 Å². The largest absolute Gasteiger partial charge is 0.508 e. The van der Waals surface area contributed by atoms with Crippen LogP contribution in [0.4, 0.5) is 0 Å². The Morgan fingerprint density at radius 1 is 0.947 bits per heavy atom. The first-order valence-electron chi connectivity index (χ1n) is 6.22. The van der Waals surface area contributed by atoms with Gasteiger partial charge >= 0.3 is 0 Å². The fraction of sp³-hybridized carbons (Fsp3) is 0.200. The van der Waals surface area contributed by atoms with Crippen molar-refractivity contribution < 1.29 is 15.3 Å². The second kappa shape index (κ2) is 4.48. The average molecular weight is 257 g/mol. The Bertz CT molecular complexity index is 608. The highest BCUT2D eigenvalue weighted by atomic mass is 16.3. The van der Waals surface area contributed by atoms with E-state index in [1.54, 1.807) is 24.3 Å². The minimum Gasteiger partial charge on any atom is -0.508 e. The van der Waals surface area contributed by atoms with Gasteiger partial charge in [-0.05, 0) is 47.4 Å². The summed E-state index contributed by atoms with van der Waals surface area (Å²) in [4.78, 5) is 0. The highest BCUT2D eigenvalue weighted by molar-refractivity contribution is 5.50. The molecule has 19 heavy (non-hydrogen) atoms. The molecule has 0 spiro atoms. The summed E-state index contributed by atoms with van der Waals surface area (Å²) in [6, 6.07) is 10.2. The van der Waals surface area contributed by atoms with Crippen LogP contribution in [0.3, 0.4) is 0 Å². The SMILES string of the molecule is Oc1ccc([C@@H]2NCCc3cc(O)c(O)cc32)cc1. The van der Waals surface area contributed by atoms with Crippen LogP contribution in [0.5, 0.6) is 17.2 Å². The molecule has 0 radical (unpaired) electrons. The Labute approximate surface area is 111 Å². The zero-order valence-electron chi connectivity index (χ0n) is 10.3. The van der Waals surface area contributed by atoms with Gasteiger partial charge in [0.05, 0.1) is 6.04 Å². The number of fused-ring (bicyclic) bond motifs is 1. The number of phenols is 3. The molecular formula is C15H15NO3. The van der Waals surface area contributed by atoms with Gasteiger partial charge in [0, 0.05) is 6.54 Å². The van der Waals surface area contributed by atoms with Crippen LogP contribution >= 0.6 is 0 Å². The van der Waals surface area contributed by atoms with Crippen molar-refractivity contribution in [2.75, 3.05) is 6.54 Å². The third-order valence-electron chi connectivity index (χ3n) is 3.52.